The lowest BCUT2D eigenvalue weighted by Crippen LogP contribution is -2.47. The second kappa shape index (κ2) is 9.34. The molecule has 0 spiro atoms. The van der Waals surface area contributed by atoms with E-state index in [4.69, 9.17) is 16.3 Å². The van der Waals surface area contributed by atoms with Crippen molar-refractivity contribution in [3.63, 3.8) is 0 Å². The van der Waals surface area contributed by atoms with Crippen LogP contribution in [0.3, 0.4) is 0 Å². The van der Waals surface area contributed by atoms with Gasteiger partial charge in [0.05, 0.1) is 13.2 Å². The molecule has 0 unspecified atom stereocenters. The first-order chi connectivity index (χ1) is 13.5. The van der Waals surface area contributed by atoms with E-state index in [0.29, 0.717) is 23.7 Å². The zero-order valence-electron chi connectivity index (χ0n) is 15.1. The van der Waals surface area contributed by atoms with Gasteiger partial charge in [-0.1, -0.05) is 41.9 Å². The number of halogens is 1. The van der Waals surface area contributed by atoms with Gasteiger partial charge in [-0.05, 0) is 29.8 Å². The van der Waals surface area contributed by atoms with Gasteiger partial charge in [0.25, 0.3) is 5.91 Å². The van der Waals surface area contributed by atoms with E-state index in [1.54, 1.807) is 24.3 Å². The number of amides is 3. The van der Waals surface area contributed by atoms with Gasteiger partial charge in [-0.3, -0.25) is 14.4 Å². The molecule has 2 N–H and O–H groups in total. The van der Waals surface area contributed by atoms with E-state index in [2.05, 4.69) is 10.6 Å². The summed E-state index contributed by atoms with van der Waals surface area (Å²) >= 11 is 5.85. The predicted octanol–water partition coefficient (Wildman–Crippen LogP) is 1.57. The highest BCUT2D eigenvalue weighted by Crippen LogP contribution is 2.16. The lowest BCUT2D eigenvalue weighted by molar-refractivity contribution is -0.139. The van der Waals surface area contributed by atoms with Crippen molar-refractivity contribution in [3.8, 4) is 0 Å². The first kappa shape index (κ1) is 19.9. The third-order valence-corrected chi connectivity index (χ3v) is 4.53. The van der Waals surface area contributed by atoms with Crippen molar-refractivity contribution in [2.45, 2.75) is 12.8 Å². The predicted molar refractivity (Wildman–Crippen MR) is 104 cm³/mol. The molecular formula is C20H20ClN3O4. The lowest BCUT2D eigenvalue weighted by atomic mass is 10.2. The number of benzene rings is 2. The zero-order valence-corrected chi connectivity index (χ0v) is 15.8. The molecule has 28 heavy (non-hydrogen) atoms. The van der Waals surface area contributed by atoms with Gasteiger partial charge < -0.3 is 20.3 Å². The topological polar surface area (TPSA) is 87.7 Å². The average Bonchev–Trinajstić information content (AvgIpc) is 3.19. The molecule has 1 fully saturated rings. The minimum Gasteiger partial charge on any atom is -0.355 e. The summed E-state index contributed by atoms with van der Waals surface area (Å²) in [4.78, 5) is 38.1. The quantitative estimate of drug-likeness (QED) is 0.744. The molecule has 1 aliphatic heterocycles. The van der Waals surface area contributed by atoms with Gasteiger partial charge in [-0.25, -0.2) is 0 Å². The van der Waals surface area contributed by atoms with E-state index in [9.17, 15) is 14.4 Å². The molecule has 7 nitrogen and oxygen atoms in total. The van der Waals surface area contributed by atoms with Crippen LogP contribution in [-0.2, 0) is 20.9 Å². The van der Waals surface area contributed by atoms with E-state index >= 15 is 0 Å². The van der Waals surface area contributed by atoms with E-state index in [1.165, 1.54) is 4.90 Å². The fraction of sp³-hybridized carbons (Fsp3) is 0.250. The van der Waals surface area contributed by atoms with E-state index in [-0.39, 0.29) is 19.0 Å². The summed E-state index contributed by atoms with van der Waals surface area (Å²) in [7, 11) is 0. The van der Waals surface area contributed by atoms with Crippen LogP contribution in [0.15, 0.2) is 54.6 Å². The van der Waals surface area contributed by atoms with Gasteiger partial charge in [-0.15, -0.1) is 0 Å². The molecule has 0 aromatic heterocycles. The SMILES string of the molecule is O=C(NCc1ccccc1)C(=O)NC[C@H]1OCCN1C(=O)c1ccc(Cl)cc1. The Hall–Kier alpha value is -2.90. The van der Waals surface area contributed by atoms with E-state index < -0.39 is 18.0 Å². The van der Waals surface area contributed by atoms with Gasteiger partial charge in [0, 0.05) is 23.7 Å². The van der Waals surface area contributed by atoms with Gasteiger partial charge in [-0.2, -0.15) is 0 Å². The van der Waals surface area contributed by atoms with Crippen molar-refractivity contribution in [3.05, 3.63) is 70.7 Å². The summed E-state index contributed by atoms with van der Waals surface area (Å²) in [5.41, 5.74) is 1.37. The third-order valence-electron chi connectivity index (χ3n) is 4.28. The Balaban J connectivity index is 1.49. The first-order valence-electron chi connectivity index (χ1n) is 8.82. The highest BCUT2D eigenvalue weighted by atomic mass is 35.5. The average molecular weight is 402 g/mol. The van der Waals surface area contributed by atoms with Crippen molar-refractivity contribution in [2.24, 2.45) is 0 Å². The summed E-state index contributed by atoms with van der Waals surface area (Å²) < 4.78 is 5.52. The largest absolute Gasteiger partial charge is 0.355 e. The number of carbonyl (C=O) groups excluding carboxylic acids is 3. The molecular weight excluding hydrogens is 382 g/mol. The Morgan fingerprint density at radius 2 is 1.68 bits per heavy atom. The number of hydrogen-bond donors (Lipinski definition) is 2. The highest BCUT2D eigenvalue weighted by molar-refractivity contribution is 6.35. The number of ether oxygens (including phenoxy) is 1. The van der Waals surface area contributed by atoms with Crippen LogP contribution in [-0.4, -0.2) is 48.5 Å². The van der Waals surface area contributed by atoms with Crippen LogP contribution >= 0.6 is 11.6 Å². The Morgan fingerprint density at radius 1 is 1.00 bits per heavy atom. The molecule has 1 saturated heterocycles. The maximum Gasteiger partial charge on any atom is 0.309 e. The molecule has 0 saturated carbocycles. The number of carbonyl (C=O) groups is 3. The fourth-order valence-corrected chi connectivity index (χ4v) is 2.93. The molecule has 146 valence electrons. The summed E-state index contributed by atoms with van der Waals surface area (Å²) in [6, 6.07) is 15.8. The molecule has 1 atom stereocenters. The molecule has 2 aromatic rings. The van der Waals surface area contributed by atoms with Gasteiger partial charge >= 0.3 is 11.8 Å². The molecule has 1 heterocycles. The van der Waals surface area contributed by atoms with E-state index in [0.717, 1.165) is 5.56 Å². The maximum atomic E-state index is 12.6. The molecule has 2 aromatic carbocycles. The molecule has 1 aliphatic rings. The molecule has 8 heteroatoms. The fourth-order valence-electron chi connectivity index (χ4n) is 2.80. The van der Waals surface area contributed by atoms with Crippen LogP contribution in [0.4, 0.5) is 0 Å². The van der Waals surface area contributed by atoms with Gasteiger partial charge in [0.15, 0.2) is 0 Å². The van der Waals surface area contributed by atoms with Crippen LogP contribution in [0.5, 0.6) is 0 Å². The second-order valence-electron chi connectivity index (χ2n) is 6.21. The van der Waals surface area contributed by atoms with Crippen molar-refractivity contribution >= 4 is 29.3 Å². The Labute approximate surface area is 167 Å². The molecule has 3 amide bonds. The normalized spacial score (nSPS) is 15.9. The minimum absolute atomic E-state index is 0.0247. The number of hydrogen-bond acceptors (Lipinski definition) is 4. The number of nitrogens with zero attached hydrogens (tertiary/aromatic N) is 1. The third kappa shape index (κ3) is 5.09. The number of nitrogens with one attached hydrogen (secondary N) is 2. The summed E-state index contributed by atoms with van der Waals surface area (Å²) in [6.45, 7) is 1.05. The van der Waals surface area contributed by atoms with Gasteiger partial charge in [0.2, 0.25) is 0 Å². The standard InChI is InChI=1S/C20H20ClN3O4/c21-16-8-6-15(7-9-16)20(27)24-10-11-28-17(24)13-23-19(26)18(25)22-12-14-4-2-1-3-5-14/h1-9,17H,10-13H2,(H,22,25)(H,23,26)/t17-/m1/s1. The second-order valence-corrected chi connectivity index (χ2v) is 6.65. The van der Waals surface area contributed by atoms with Crippen molar-refractivity contribution in [1.82, 2.24) is 15.5 Å². The van der Waals surface area contributed by atoms with Crippen LogP contribution < -0.4 is 10.6 Å². The zero-order chi connectivity index (χ0) is 19.9. The lowest BCUT2D eigenvalue weighted by Gasteiger charge is -2.23. The Kier molecular flexibility index (Phi) is 6.62. The van der Waals surface area contributed by atoms with Crippen LogP contribution in [0.2, 0.25) is 5.02 Å². The Bertz CT molecular complexity index is 842. The number of rotatable bonds is 5. The summed E-state index contributed by atoms with van der Waals surface area (Å²) in [5.74, 6) is -1.73. The molecule has 0 radical (unpaired) electrons. The van der Waals surface area contributed by atoms with Crippen molar-refractivity contribution in [2.75, 3.05) is 19.7 Å². The molecule has 0 bridgehead atoms. The summed E-state index contributed by atoms with van der Waals surface area (Å²) in [6.07, 6.45) is -0.631. The monoisotopic (exact) mass is 401 g/mol. The molecule has 0 aliphatic carbocycles. The molecule has 3 rings (SSSR count). The van der Waals surface area contributed by atoms with Crippen molar-refractivity contribution in [1.29, 1.82) is 0 Å². The maximum absolute atomic E-state index is 12.6. The first-order valence-corrected chi connectivity index (χ1v) is 9.20. The summed E-state index contributed by atoms with van der Waals surface area (Å²) in [5, 5.41) is 5.61. The Morgan fingerprint density at radius 3 is 2.39 bits per heavy atom. The van der Waals surface area contributed by atoms with Crippen molar-refractivity contribution < 1.29 is 19.1 Å². The highest BCUT2D eigenvalue weighted by Gasteiger charge is 2.31. The van der Waals surface area contributed by atoms with Crippen LogP contribution in [0.1, 0.15) is 15.9 Å². The van der Waals surface area contributed by atoms with E-state index in [1.807, 2.05) is 30.3 Å². The van der Waals surface area contributed by atoms with Crippen LogP contribution in [0.25, 0.3) is 0 Å². The van der Waals surface area contributed by atoms with Gasteiger partial charge in [0.1, 0.15) is 6.23 Å². The smallest absolute Gasteiger partial charge is 0.309 e. The van der Waals surface area contributed by atoms with Crippen LogP contribution in [0, 0.1) is 0 Å². The minimum atomic E-state index is -0.773.